The summed E-state index contributed by atoms with van der Waals surface area (Å²) in [4.78, 5) is 25.2. The van der Waals surface area contributed by atoms with Gasteiger partial charge in [0, 0.05) is 38.2 Å². The van der Waals surface area contributed by atoms with Crippen molar-refractivity contribution in [3.05, 3.63) is 106 Å². The zero-order valence-corrected chi connectivity index (χ0v) is 17.1. The molecule has 1 N–H and O–H groups in total. The van der Waals surface area contributed by atoms with E-state index in [1.165, 1.54) is 17.2 Å². The van der Waals surface area contributed by atoms with Gasteiger partial charge in [0.05, 0.1) is 4.92 Å². The molecule has 3 aromatic carbocycles. The summed E-state index contributed by atoms with van der Waals surface area (Å²) in [5.74, 6) is -0.165. The Morgan fingerprint density at radius 1 is 0.967 bits per heavy atom. The number of hydrogen-bond donors (Lipinski definition) is 1. The summed E-state index contributed by atoms with van der Waals surface area (Å²) in [5, 5.41) is 14.3. The van der Waals surface area contributed by atoms with Crippen molar-refractivity contribution < 1.29 is 9.72 Å². The Kier molecular flexibility index (Phi) is 6.80. The zero-order valence-electron chi connectivity index (χ0n) is 17.1. The molecule has 0 aliphatic heterocycles. The number of nitrogens with zero attached hydrogens (tertiary/aromatic N) is 2. The summed E-state index contributed by atoms with van der Waals surface area (Å²) in [6, 6.07) is 24.9. The van der Waals surface area contributed by atoms with Gasteiger partial charge >= 0.3 is 0 Å². The monoisotopic (exact) mass is 403 g/mol. The minimum Gasteiger partial charge on any atom is -0.372 e. The van der Waals surface area contributed by atoms with Crippen LogP contribution in [0.3, 0.4) is 0 Å². The molecule has 6 nitrogen and oxygen atoms in total. The number of rotatable bonds is 8. The Morgan fingerprint density at radius 2 is 1.53 bits per heavy atom. The topological polar surface area (TPSA) is 75.5 Å². The van der Waals surface area contributed by atoms with Crippen molar-refractivity contribution in [3.8, 4) is 0 Å². The van der Waals surface area contributed by atoms with E-state index in [-0.39, 0.29) is 23.1 Å². The lowest BCUT2D eigenvalue weighted by Crippen LogP contribution is -2.26. The van der Waals surface area contributed by atoms with Crippen molar-refractivity contribution in [2.75, 3.05) is 25.5 Å². The molecular weight excluding hydrogens is 378 g/mol. The van der Waals surface area contributed by atoms with Crippen molar-refractivity contribution in [1.82, 2.24) is 5.32 Å². The summed E-state index contributed by atoms with van der Waals surface area (Å²) in [6.45, 7) is 0.455. The summed E-state index contributed by atoms with van der Waals surface area (Å²) in [5.41, 5.74) is 3.03. The number of benzene rings is 3. The average molecular weight is 403 g/mol. The third kappa shape index (κ3) is 5.03. The Hall–Kier alpha value is -3.67. The molecule has 6 heteroatoms. The molecule has 0 aliphatic rings. The summed E-state index contributed by atoms with van der Waals surface area (Å²) in [6.07, 6.45) is 0.720. The third-order valence-electron chi connectivity index (χ3n) is 5.04. The fourth-order valence-electron chi connectivity index (χ4n) is 3.52. The van der Waals surface area contributed by atoms with E-state index in [4.69, 9.17) is 0 Å². The van der Waals surface area contributed by atoms with E-state index in [9.17, 15) is 14.9 Å². The average Bonchev–Trinajstić information content (AvgIpc) is 2.77. The molecule has 0 atom stereocenters. The van der Waals surface area contributed by atoms with Crippen LogP contribution < -0.4 is 10.2 Å². The van der Waals surface area contributed by atoms with Crippen LogP contribution in [0, 0.1) is 10.1 Å². The molecule has 3 aromatic rings. The van der Waals surface area contributed by atoms with E-state index >= 15 is 0 Å². The molecule has 0 bridgehead atoms. The van der Waals surface area contributed by atoms with Gasteiger partial charge in [-0.05, 0) is 29.7 Å². The van der Waals surface area contributed by atoms with E-state index in [0.29, 0.717) is 12.2 Å². The van der Waals surface area contributed by atoms with Crippen LogP contribution in [0.25, 0.3) is 0 Å². The maximum Gasteiger partial charge on any atom is 0.293 e. The van der Waals surface area contributed by atoms with Gasteiger partial charge in [-0.3, -0.25) is 14.9 Å². The van der Waals surface area contributed by atoms with Gasteiger partial charge in [0.2, 0.25) is 0 Å². The van der Waals surface area contributed by atoms with Crippen LogP contribution >= 0.6 is 0 Å². The normalized spacial score (nSPS) is 10.6. The molecule has 0 radical (unpaired) electrons. The predicted octanol–water partition coefficient (Wildman–Crippen LogP) is 4.61. The lowest BCUT2D eigenvalue weighted by molar-refractivity contribution is -0.384. The number of carbonyl (C=O) groups is 1. The van der Waals surface area contributed by atoms with Crippen molar-refractivity contribution in [2.24, 2.45) is 0 Å². The number of carbonyl (C=O) groups excluding carboxylic acids is 1. The van der Waals surface area contributed by atoms with Crippen LogP contribution in [0.1, 0.15) is 33.8 Å². The second-order valence-corrected chi connectivity index (χ2v) is 7.27. The van der Waals surface area contributed by atoms with E-state index in [1.807, 2.05) is 36.4 Å². The van der Waals surface area contributed by atoms with Gasteiger partial charge in [-0.1, -0.05) is 60.7 Å². The predicted molar refractivity (Wildman–Crippen MR) is 119 cm³/mol. The zero-order chi connectivity index (χ0) is 21.5. The Morgan fingerprint density at radius 3 is 2.03 bits per heavy atom. The number of hydrogen-bond acceptors (Lipinski definition) is 4. The van der Waals surface area contributed by atoms with Crippen molar-refractivity contribution in [2.45, 2.75) is 12.3 Å². The van der Waals surface area contributed by atoms with Crippen LogP contribution in [0.15, 0.2) is 78.9 Å². The summed E-state index contributed by atoms with van der Waals surface area (Å²) in [7, 11) is 3.46. The number of anilines is 1. The molecule has 0 spiro atoms. The number of amides is 1. The van der Waals surface area contributed by atoms with Gasteiger partial charge in [0.15, 0.2) is 0 Å². The molecular formula is C24H25N3O3. The van der Waals surface area contributed by atoms with E-state index in [1.54, 1.807) is 31.1 Å². The molecule has 30 heavy (non-hydrogen) atoms. The minimum atomic E-state index is -0.465. The second kappa shape index (κ2) is 9.69. The Labute approximate surface area is 176 Å². The molecule has 0 fully saturated rings. The molecule has 0 heterocycles. The first-order chi connectivity index (χ1) is 14.5. The molecule has 1 amide bonds. The standard InChI is InChI=1S/C24H25N3O3/c1-26(2)22-14-13-20(17-23(22)27(29)30)24(28)25-16-15-21(18-9-5-3-6-10-18)19-11-7-4-8-12-19/h3-14,17,21H,15-16H2,1-2H3,(H,25,28). The summed E-state index contributed by atoms with van der Waals surface area (Å²) >= 11 is 0. The molecule has 0 saturated carbocycles. The highest BCUT2D eigenvalue weighted by molar-refractivity contribution is 5.95. The maximum atomic E-state index is 12.6. The molecule has 0 unspecified atom stereocenters. The van der Waals surface area contributed by atoms with Crippen LogP contribution in [0.2, 0.25) is 0 Å². The number of nitrogens with one attached hydrogen (secondary N) is 1. The van der Waals surface area contributed by atoms with Gasteiger partial charge in [-0.15, -0.1) is 0 Å². The van der Waals surface area contributed by atoms with Crippen LogP contribution in [0.4, 0.5) is 11.4 Å². The van der Waals surface area contributed by atoms with Crippen molar-refractivity contribution in [3.63, 3.8) is 0 Å². The van der Waals surface area contributed by atoms with Gasteiger partial charge in [-0.2, -0.15) is 0 Å². The maximum absolute atomic E-state index is 12.6. The molecule has 0 saturated heterocycles. The largest absolute Gasteiger partial charge is 0.372 e. The summed E-state index contributed by atoms with van der Waals surface area (Å²) < 4.78 is 0. The van der Waals surface area contributed by atoms with Crippen molar-refractivity contribution >= 4 is 17.3 Å². The quantitative estimate of drug-likeness (QED) is 0.440. The fraction of sp³-hybridized carbons (Fsp3) is 0.208. The smallest absolute Gasteiger partial charge is 0.293 e. The van der Waals surface area contributed by atoms with E-state index in [2.05, 4.69) is 29.6 Å². The SMILES string of the molecule is CN(C)c1ccc(C(=O)NCCC(c2ccccc2)c2ccccc2)cc1[N+](=O)[O-]. The van der Waals surface area contributed by atoms with Crippen LogP contribution in [-0.2, 0) is 0 Å². The van der Waals surface area contributed by atoms with Crippen LogP contribution in [-0.4, -0.2) is 31.5 Å². The van der Waals surface area contributed by atoms with E-state index in [0.717, 1.165) is 6.42 Å². The number of nitro groups is 1. The van der Waals surface area contributed by atoms with Crippen molar-refractivity contribution in [1.29, 1.82) is 0 Å². The van der Waals surface area contributed by atoms with Gasteiger partial charge in [0.1, 0.15) is 5.69 Å². The highest BCUT2D eigenvalue weighted by atomic mass is 16.6. The van der Waals surface area contributed by atoms with Gasteiger partial charge in [-0.25, -0.2) is 0 Å². The fourth-order valence-corrected chi connectivity index (χ4v) is 3.52. The Bertz CT molecular complexity index is 965. The minimum absolute atomic E-state index is 0.0842. The van der Waals surface area contributed by atoms with Gasteiger partial charge in [0.25, 0.3) is 11.6 Å². The first kappa shape index (κ1) is 21.0. The molecule has 0 aliphatic carbocycles. The highest BCUT2D eigenvalue weighted by Crippen LogP contribution is 2.29. The van der Waals surface area contributed by atoms with E-state index < -0.39 is 4.92 Å². The first-order valence-corrected chi connectivity index (χ1v) is 9.81. The molecule has 3 rings (SSSR count). The number of nitro benzene ring substituents is 1. The first-order valence-electron chi connectivity index (χ1n) is 9.81. The second-order valence-electron chi connectivity index (χ2n) is 7.27. The van der Waals surface area contributed by atoms with Gasteiger partial charge < -0.3 is 10.2 Å². The lowest BCUT2D eigenvalue weighted by Gasteiger charge is -2.18. The highest BCUT2D eigenvalue weighted by Gasteiger charge is 2.19. The van der Waals surface area contributed by atoms with Crippen LogP contribution in [0.5, 0.6) is 0 Å². The molecule has 154 valence electrons. The Balaban J connectivity index is 1.72. The third-order valence-corrected chi connectivity index (χ3v) is 5.04. The molecule has 0 aromatic heterocycles. The lowest BCUT2D eigenvalue weighted by atomic mass is 9.88.